The Morgan fingerprint density at radius 3 is 2.72 bits per heavy atom. The Morgan fingerprint density at radius 2 is 2.17 bits per heavy atom. The largest absolute Gasteiger partial charge is 0.492 e. The van der Waals surface area contributed by atoms with Crippen LogP contribution in [0.1, 0.15) is 25.3 Å². The minimum absolute atomic E-state index is 0.105. The Bertz CT molecular complexity index is 491. The lowest BCUT2D eigenvalue weighted by Crippen LogP contribution is -2.30. The van der Waals surface area contributed by atoms with E-state index in [1.165, 1.54) is 0 Å². The van der Waals surface area contributed by atoms with Crippen LogP contribution in [0.15, 0.2) is 18.2 Å². The topological polar surface area (TPSA) is 81.4 Å². The molecule has 18 heavy (non-hydrogen) atoms. The van der Waals surface area contributed by atoms with E-state index in [1.807, 2.05) is 0 Å². The molecule has 0 bridgehead atoms. The summed E-state index contributed by atoms with van der Waals surface area (Å²) in [7, 11) is -3.69. The monoisotopic (exact) mass is 292 g/mol. The third-order valence-electron chi connectivity index (χ3n) is 2.23. The van der Waals surface area contributed by atoms with Gasteiger partial charge in [0.2, 0.25) is 0 Å². The average molecular weight is 293 g/mol. The molecule has 0 saturated heterocycles. The molecule has 0 heterocycles. The standard InChI is InChI=1S/C11H17ClN2O3S/c1-2-3-6-17-11-5-4-9(7-10(11)12)8-14-18(13,15)16/h4-5,7,14H,2-3,6,8H2,1H3,(H2,13,15,16). The molecular weight excluding hydrogens is 276 g/mol. The smallest absolute Gasteiger partial charge is 0.274 e. The van der Waals surface area contributed by atoms with E-state index >= 15 is 0 Å². The van der Waals surface area contributed by atoms with Crippen molar-refractivity contribution in [2.24, 2.45) is 5.14 Å². The number of rotatable bonds is 7. The number of unbranched alkanes of at least 4 members (excludes halogenated alkanes) is 1. The van der Waals surface area contributed by atoms with Crippen LogP contribution in [0, 0.1) is 0 Å². The van der Waals surface area contributed by atoms with Gasteiger partial charge in [0.15, 0.2) is 0 Å². The molecular formula is C11H17ClN2O3S. The van der Waals surface area contributed by atoms with Crippen molar-refractivity contribution in [3.63, 3.8) is 0 Å². The summed E-state index contributed by atoms with van der Waals surface area (Å²) in [5.41, 5.74) is 0.719. The molecule has 0 aliphatic rings. The molecule has 0 fully saturated rings. The number of halogens is 1. The second-order valence-corrected chi connectivity index (χ2v) is 5.62. The van der Waals surface area contributed by atoms with Gasteiger partial charge in [-0.3, -0.25) is 0 Å². The highest BCUT2D eigenvalue weighted by molar-refractivity contribution is 7.87. The number of hydrogen-bond acceptors (Lipinski definition) is 3. The van der Waals surface area contributed by atoms with Crippen LogP contribution < -0.4 is 14.6 Å². The molecule has 7 heteroatoms. The summed E-state index contributed by atoms with van der Waals surface area (Å²) in [4.78, 5) is 0. The molecule has 0 saturated carbocycles. The zero-order valence-corrected chi connectivity index (χ0v) is 11.7. The fourth-order valence-corrected chi connectivity index (χ4v) is 1.91. The lowest BCUT2D eigenvalue weighted by molar-refractivity contribution is 0.309. The molecule has 1 rings (SSSR count). The maximum Gasteiger partial charge on any atom is 0.274 e. The molecule has 1 aromatic rings. The number of hydrogen-bond donors (Lipinski definition) is 2. The van der Waals surface area contributed by atoms with E-state index in [2.05, 4.69) is 11.6 Å². The van der Waals surface area contributed by atoms with Crippen LogP contribution in [0.25, 0.3) is 0 Å². The highest BCUT2D eigenvalue weighted by atomic mass is 35.5. The predicted octanol–water partition coefficient (Wildman–Crippen LogP) is 1.81. The minimum Gasteiger partial charge on any atom is -0.492 e. The van der Waals surface area contributed by atoms with Crippen LogP contribution in [0.4, 0.5) is 0 Å². The molecule has 0 aliphatic heterocycles. The molecule has 102 valence electrons. The van der Waals surface area contributed by atoms with Gasteiger partial charge in [0.25, 0.3) is 10.2 Å². The highest BCUT2D eigenvalue weighted by Gasteiger charge is 2.05. The highest BCUT2D eigenvalue weighted by Crippen LogP contribution is 2.25. The lowest BCUT2D eigenvalue weighted by atomic mass is 10.2. The van der Waals surface area contributed by atoms with E-state index in [-0.39, 0.29) is 6.54 Å². The molecule has 0 radical (unpaired) electrons. The number of benzene rings is 1. The molecule has 0 atom stereocenters. The Labute approximate surface area is 112 Å². The fourth-order valence-electron chi connectivity index (χ4n) is 1.28. The first-order valence-electron chi connectivity index (χ1n) is 5.61. The summed E-state index contributed by atoms with van der Waals surface area (Å²) in [5, 5.41) is 5.29. The van der Waals surface area contributed by atoms with E-state index in [0.29, 0.717) is 17.4 Å². The summed E-state index contributed by atoms with van der Waals surface area (Å²) < 4.78 is 29.1. The zero-order chi connectivity index (χ0) is 13.6. The lowest BCUT2D eigenvalue weighted by Gasteiger charge is -2.09. The van der Waals surface area contributed by atoms with Crippen molar-refractivity contribution in [3.8, 4) is 5.75 Å². The first-order chi connectivity index (χ1) is 8.42. The minimum atomic E-state index is -3.69. The van der Waals surface area contributed by atoms with Crippen LogP contribution in [0.5, 0.6) is 5.75 Å². The Balaban J connectivity index is 2.61. The van der Waals surface area contributed by atoms with Gasteiger partial charge < -0.3 is 4.74 Å². The van der Waals surface area contributed by atoms with Crippen molar-refractivity contribution in [2.75, 3.05) is 6.61 Å². The first kappa shape index (κ1) is 15.2. The maximum atomic E-state index is 10.7. The van der Waals surface area contributed by atoms with Crippen LogP contribution in [0.2, 0.25) is 5.02 Å². The molecule has 0 spiro atoms. The van der Waals surface area contributed by atoms with Crippen LogP contribution >= 0.6 is 11.6 Å². The Kier molecular flexibility index (Phi) is 5.87. The van der Waals surface area contributed by atoms with Gasteiger partial charge in [-0.25, -0.2) is 5.14 Å². The van der Waals surface area contributed by atoms with Crippen molar-refractivity contribution in [2.45, 2.75) is 26.3 Å². The van der Waals surface area contributed by atoms with Crippen LogP contribution in [-0.2, 0) is 16.8 Å². The zero-order valence-electron chi connectivity index (χ0n) is 10.1. The van der Waals surface area contributed by atoms with Gasteiger partial charge in [-0.1, -0.05) is 31.0 Å². The molecule has 1 aromatic carbocycles. The second kappa shape index (κ2) is 6.94. The van der Waals surface area contributed by atoms with Gasteiger partial charge in [-0.15, -0.1) is 0 Å². The van der Waals surface area contributed by atoms with Gasteiger partial charge in [-0.2, -0.15) is 13.1 Å². The number of nitrogens with two attached hydrogens (primary N) is 1. The van der Waals surface area contributed by atoms with E-state index in [4.69, 9.17) is 21.5 Å². The summed E-state index contributed by atoms with van der Waals surface area (Å²) in [5.74, 6) is 0.601. The number of ether oxygens (including phenoxy) is 1. The molecule has 0 aliphatic carbocycles. The fraction of sp³-hybridized carbons (Fsp3) is 0.455. The second-order valence-electron chi connectivity index (χ2n) is 3.83. The van der Waals surface area contributed by atoms with Crippen LogP contribution in [-0.4, -0.2) is 15.0 Å². The Morgan fingerprint density at radius 1 is 1.44 bits per heavy atom. The van der Waals surface area contributed by atoms with Gasteiger partial charge in [-0.05, 0) is 24.1 Å². The summed E-state index contributed by atoms with van der Waals surface area (Å²) >= 11 is 6.02. The van der Waals surface area contributed by atoms with Gasteiger partial charge >= 0.3 is 0 Å². The quantitative estimate of drug-likeness (QED) is 0.752. The van der Waals surface area contributed by atoms with Crippen molar-refractivity contribution in [1.29, 1.82) is 0 Å². The molecule has 0 amide bonds. The molecule has 3 N–H and O–H groups in total. The predicted molar refractivity (Wildman–Crippen MR) is 71.8 cm³/mol. The van der Waals surface area contributed by atoms with Crippen LogP contribution in [0.3, 0.4) is 0 Å². The first-order valence-corrected chi connectivity index (χ1v) is 7.53. The average Bonchev–Trinajstić information content (AvgIpc) is 2.28. The van der Waals surface area contributed by atoms with Crippen molar-refractivity contribution >= 4 is 21.8 Å². The molecule has 0 unspecified atom stereocenters. The van der Waals surface area contributed by atoms with E-state index < -0.39 is 10.2 Å². The van der Waals surface area contributed by atoms with Gasteiger partial charge in [0.1, 0.15) is 5.75 Å². The summed E-state index contributed by atoms with van der Waals surface area (Å²) in [6.07, 6.45) is 2.01. The van der Waals surface area contributed by atoms with Gasteiger partial charge in [0.05, 0.1) is 11.6 Å². The normalized spacial score (nSPS) is 11.5. The summed E-state index contributed by atoms with van der Waals surface area (Å²) in [6.45, 7) is 2.80. The Hall–Kier alpha value is -0.820. The van der Waals surface area contributed by atoms with Crippen molar-refractivity contribution in [3.05, 3.63) is 28.8 Å². The molecule has 5 nitrogen and oxygen atoms in total. The van der Waals surface area contributed by atoms with Gasteiger partial charge in [0, 0.05) is 6.54 Å². The third-order valence-corrected chi connectivity index (χ3v) is 3.07. The van der Waals surface area contributed by atoms with E-state index in [1.54, 1.807) is 18.2 Å². The molecule has 0 aromatic heterocycles. The van der Waals surface area contributed by atoms with Crippen molar-refractivity contribution in [1.82, 2.24) is 4.72 Å². The number of nitrogens with one attached hydrogen (secondary N) is 1. The SMILES string of the molecule is CCCCOc1ccc(CNS(N)(=O)=O)cc1Cl. The van der Waals surface area contributed by atoms with E-state index in [9.17, 15) is 8.42 Å². The maximum absolute atomic E-state index is 10.7. The van der Waals surface area contributed by atoms with E-state index in [0.717, 1.165) is 18.4 Å². The third kappa shape index (κ3) is 5.68. The van der Waals surface area contributed by atoms with Crippen molar-refractivity contribution < 1.29 is 13.2 Å². The summed E-state index contributed by atoms with van der Waals surface area (Å²) in [6, 6.07) is 5.12.